The number of hydrogen-bond donors (Lipinski definition) is 0. The van der Waals surface area contributed by atoms with Gasteiger partial charge in [0.15, 0.2) is 0 Å². The molecule has 2 nitrogen and oxygen atoms in total. The Kier molecular flexibility index (Phi) is 2.98. The molecule has 0 N–H and O–H groups in total. The molecule has 20 heavy (non-hydrogen) atoms. The second-order valence-corrected chi connectivity index (χ2v) is 11.3. The van der Waals surface area contributed by atoms with Gasteiger partial charge in [0.25, 0.3) is 0 Å². The van der Waals surface area contributed by atoms with Gasteiger partial charge in [-0.1, -0.05) is 25.6 Å². The number of imidazole rings is 1. The van der Waals surface area contributed by atoms with E-state index in [0.717, 1.165) is 16.9 Å². The maximum atomic E-state index is 14.2. The molecule has 1 aromatic carbocycles. The normalized spacial score (nSPS) is 15.2. The standard InChI is InChI=1S/C16H19FN2Si/c1-11-18-15-9-12(7-8-20(2,3)4)14(17)10-16(15)19(11)13-5-6-13/h9-10,13H,5-6H2,1-4H3. The first-order chi connectivity index (χ1) is 9.35. The number of fused-ring (bicyclic) bond motifs is 1. The molecular formula is C16H19FN2Si. The maximum absolute atomic E-state index is 14.2. The van der Waals surface area contributed by atoms with Crippen LogP contribution in [0.3, 0.4) is 0 Å². The predicted molar refractivity (Wildman–Crippen MR) is 82.9 cm³/mol. The van der Waals surface area contributed by atoms with Gasteiger partial charge < -0.3 is 4.57 Å². The van der Waals surface area contributed by atoms with Crippen LogP contribution in [0.5, 0.6) is 0 Å². The zero-order valence-corrected chi connectivity index (χ0v) is 13.4. The van der Waals surface area contributed by atoms with Crippen molar-refractivity contribution < 1.29 is 4.39 Å². The molecule has 3 rings (SSSR count). The molecule has 0 aliphatic heterocycles. The highest BCUT2D eigenvalue weighted by Crippen LogP contribution is 2.38. The highest BCUT2D eigenvalue weighted by atomic mass is 28.3. The molecule has 2 aromatic rings. The molecule has 1 heterocycles. The van der Waals surface area contributed by atoms with Crippen molar-refractivity contribution in [2.24, 2.45) is 0 Å². The number of halogens is 1. The van der Waals surface area contributed by atoms with Crippen LogP contribution >= 0.6 is 0 Å². The minimum atomic E-state index is -1.50. The Morgan fingerprint density at radius 3 is 2.60 bits per heavy atom. The minimum absolute atomic E-state index is 0.231. The second-order valence-electron chi connectivity index (χ2n) is 6.58. The molecule has 1 aliphatic carbocycles. The third kappa shape index (κ3) is 2.50. The summed E-state index contributed by atoms with van der Waals surface area (Å²) >= 11 is 0. The van der Waals surface area contributed by atoms with E-state index in [4.69, 9.17) is 0 Å². The van der Waals surface area contributed by atoms with Crippen LogP contribution < -0.4 is 0 Å². The zero-order valence-electron chi connectivity index (χ0n) is 12.4. The molecule has 1 aliphatic rings. The summed E-state index contributed by atoms with van der Waals surface area (Å²) in [5.74, 6) is 3.74. The maximum Gasteiger partial charge on any atom is 0.141 e. The van der Waals surface area contributed by atoms with Crippen molar-refractivity contribution in [3.63, 3.8) is 0 Å². The Hall–Kier alpha value is -1.60. The fourth-order valence-electron chi connectivity index (χ4n) is 2.38. The monoisotopic (exact) mass is 286 g/mol. The Morgan fingerprint density at radius 1 is 1.30 bits per heavy atom. The molecule has 0 radical (unpaired) electrons. The third-order valence-corrected chi connectivity index (χ3v) is 4.31. The van der Waals surface area contributed by atoms with E-state index in [1.165, 1.54) is 12.8 Å². The van der Waals surface area contributed by atoms with Crippen LogP contribution in [-0.2, 0) is 0 Å². The number of nitrogens with zero attached hydrogens (tertiary/aromatic N) is 2. The van der Waals surface area contributed by atoms with Crippen molar-refractivity contribution in [2.45, 2.75) is 45.4 Å². The van der Waals surface area contributed by atoms with E-state index in [0.29, 0.717) is 11.6 Å². The van der Waals surface area contributed by atoms with Crippen molar-refractivity contribution in [3.05, 3.63) is 29.3 Å². The topological polar surface area (TPSA) is 17.8 Å². The van der Waals surface area contributed by atoms with Crippen molar-refractivity contribution in [2.75, 3.05) is 0 Å². The molecule has 0 saturated heterocycles. The van der Waals surface area contributed by atoms with Crippen LogP contribution in [0.15, 0.2) is 12.1 Å². The molecule has 0 spiro atoms. The van der Waals surface area contributed by atoms with E-state index in [1.807, 2.05) is 6.92 Å². The lowest BCUT2D eigenvalue weighted by atomic mass is 10.2. The predicted octanol–water partition coefficient (Wildman–Crippen LogP) is 4.05. The van der Waals surface area contributed by atoms with E-state index >= 15 is 0 Å². The van der Waals surface area contributed by atoms with E-state index in [-0.39, 0.29) is 5.82 Å². The number of benzene rings is 1. The number of hydrogen-bond acceptors (Lipinski definition) is 1. The molecule has 4 heteroatoms. The smallest absolute Gasteiger partial charge is 0.141 e. The Balaban J connectivity index is 2.12. The van der Waals surface area contributed by atoms with Gasteiger partial charge in [0.05, 0.1) is 16.6 Å². The van der Waals surface area contributed by atoms with Crippen molar-refractivity contribution in [3.8, 4) is 11.5 Å². The largest absolute Gasteiger partial charge is 0.325 e. The van der Waals surface area contributed by atoms with Crippen LogP contribution in [0.2, 0.25) is 19.6 Å². The summed E-state index contributed by atoms with van der Waals surface area (Å²) in [4.78, 5) is 4.56. The quantitative estimate of drug-likeness (QED) is 0.571. The van der Waals surface area contributed by atoms with Gasteiger partial charge in [-0.25, -0.2) is 9.37 Å². The van der Waals surface area contributed by atoms with Crippen molar-refractivity contribution in [1.82, 2.24) is 9.55 Å². The minimum Gasteiger partial charge on any atom is -0.325 e. The molecule has 0 bridgehead atoms. The summed E-state index contributed by atoms with van der Waals surface area (Å²) in [5, 5.41) is 0. The summed E-state index contributed by atoms with van der Waals surface area (Å²) in [6.45, 7) is 8.46. The van der Waals surface area contributed by atoms with Crippen molar-refractivity contribution in [1.29, 1.82) is 0 Å². The number of aromatic nitrogens is 2. The first-order valence-electron chi connectivity index (χ1n) is 7.06. The molecule has 0 atom stereocenters. The molecule has 0 amide bonds. The van der Waals surface area contributed by atoms with Gasteiger partial charge in [-0.3, -0.25) is 0 Å². The zero-order chi connectivity index (χ0) is 14.5. The molecular weight excluding hydrogens is 267 g/mol. The lowest BCUT2D eigenvalue weighted by Gasteiger charge is -2.05. The lowest BCUT2D eigenvalue weighted by molar-refractivity contribution is 0.624. The first kappa shape index (κ1) is 13.4. The van der Waals surface area contributed by atoms with E-state index in [9.17, 15) is 4.39 Å². The van der Waals surface area contributed by atoms with E-state index < -0.39 is 8.07 Å². The number of rotatable bonds is 1. The third-order valence-electron chi connectivity index (χ3n) is 3.44. The summed E-state index contributed by atoms with van der Waals surface area (Å²) in [6.07, 6.45) is 2.34. The summed E-state index contributed by atoms with van der Waals surface area (Å²) in [6, 6.07) is 3.91. The van der Waals surface area contributed by atoms with Gasteiger partial charge in [0, 0.05) is 12.1 Å². The fourth-order valence-corrected chi connectivity index (χ4v) is 2.89. The highest BCUT2D eigenvalue weighted by Gasteiger charge is 2.27. The van der Waals surface area contributed by atoms with Crippen LogP contribution in [0, 0.1) is 24.2 Å². The van der Waals surface area contributed by atoms with Gasteiger partial charge >= 0.3 is 0 Å². The summed E-state index contributed by atoms with van der Waals surface area (Å²) < 4.78 is 16.4. The SMILES string of the molecule is Cc1nc2cc(C#C[Si](C)(C)C)c(F)cc2n1C1CC1. The Bertz CT molecular complexity index is 740. The molecule has 1 saturated carbocycles. The van der Waals surface area contributed by atoms with E-state index in [1.54, 1.807) is 12.1 Å². The average Bonchev–Trinajstić information content (AvgIpc) is 3.10. The van der Waals surface area contributed by atoms with Gasteiger partial charge in [0.2, 0.25) is 0 Å². The van der Waals surface area contributed by atoms with Gasteiger partial charge in [0.1, 0.15) is 19.7 Å². The highest BCUT2D eigenvalue weighted by molar-refractivity contribution is 6.83. The molecule has 104 valence electrons. The van der Waals surface area contributed by atoms with Gasteiger partial charge in [-0.05, 0) is 25.8 Å². The second kappa shape index (κ2) is 4.46. The summed E-state index contributed by atoms with van der Waals surface area (Å²) in [7, 11) is -1.50. The molecule has 1 fully saturated rings. The Labute approximate surface area is 120 Å². The fraction of sp³-hybridized carbons (Fsp3) is 0.438. The first-order valence-corrected chi connectivity index (χ1v) is 10.6. The molecule has 1 aromatic heterocycles. The Morgan fingerprint density at radius 2 is 2.00 bits per heavy atom. The van der Waals surface area contributed by atoms with Crippen LogP contribution in [0.1, 0.15) is 30.3 Å². The molecule has 0 unspecified atom stereocenters. The van der Waals surface area contributed by atoms with Crippen LogP contribution in [0.25, 0.3) is 11.0 Å². The van der Waals surface area contributed by atoms with Crippen LogP contribution in [0.4, 0.5) is 4.39 Å². The van der Waals surface area contributed by atoms with Crippen LogP contribution in [-0.4, -0.2) is 17.6 Å². The van der Waals surface area contributed by atoms with Gasteiger partial charge in [-0.2, -0.15) is 0 Å². The van der Waals surface area contributed by atoms with Crippen molar-refractivity contribution >= 4 is 19.1 Å². The van der Waals surface area contributed by atoms with E-state index in [2.05, 4.69) is 40.7 Å². The lowest BCUT2D eigenvalue weighted by Crippen LogP contribution is -2.16. The number of aryl methyl sites for hydroxylation is 1. The average molecular weight is 286 g/mol. The summed E-state index contributed by atoms with van der Waals surface area (Å²) in [5.41, 5.74) is 5.45. The van der Waals surface area contributed by atoms with Gasteiger partial charge in [-0.15, -0.1) is 5.54 Å².